The summed E-state index contributed by atoms with van der Waals surface area (Å²) < 4.78 is 34.9. The number of hydrogen-bond donors (Lipinski definition) is 0. The Morgan fingerprint density at radius 2 is 1.03 bits per heavy atom. The van der Waals surface area contributed by atoms with E-state index in [9.17, 15) is 9.46 Å². The normalized spacial score (nSPS) is 14.0. The summed E-state index contributed by atoms with van der Waals surface area (Å²) in [5, 5.41) is 0. The average molecular weight is 538 g/mol. The first-order valence-electron chi connectivity index (χ1n) is 14.8. The summed E-state index contributed by atoms with van der Waals surface area (Å²) in [7, 11) is 1.55. The molecule has 0 bridgehead atoms. The smallest absolute Gasteiger partial charge is 0.268 e. The number of nitrogens with zero attached hydrogens (tertiary/aromatic N) is 1. The second-order valence-corrected chi connectivity index (χ2v) is 12.5. The second kappa shape index (κ2) is 24.1. The van der Waals surface area contributed by atoms with Crippen molar-refractivity contribution < 1.29 is 32.5 Å². The van der Waals surface area contributed by atoms with Gasteiger partial charge in [-0.2, -0.15) is 0 Å². The highest BCUT2D eigenvalue weighted by Gasteiger charge is 2.20. The van der Waals surface area contributed by atoms with Crippen LogP contribution in [-0.2, 0) is 23.1 Å². The summed E-state index contributed by atoms with van der Waals surface area (Å²) in [6.45, 7) is 6.74. The van der Waals surface area contributed by atoms with Gasteiger partial charge in [-0.05, 0) is 12.8 Å². The number of phosphoric ester groups is 1. The summed E-state index contributed by atoms with van der Waals surface area (Å²) in [6, 6.07) is 0. The van der Waals surface area contributed by atoms with Gasteiger partial charge in [-0.1, -0.05) is 104 Å². The van der Waals surface area contributed by atoms with Gasteiger partial charge in [0.05, 0.1) is 34.4 Å². The number of likely N-dealkylation sites (N-methyl/N-ethyl adjacent to an activating group) is 1. The Labute approximate surface area is 223 Å². The van der Waals surface area contributed by atoms with Crippen LogP contribution in [0, 0.1) is 0 Å². The lowest BCUT2D eigenvalue weighted by molar-refractivity contribution is -0.870. The van der Waals surface area contributed by atoms with E-state index in [2.05, 4.69) is 13.8 Å². The highest BCUT2D eigenvalue weighted by Crippen LogP contribution is 2.39. The summed E-state index contributed by atoms with van der Waals surface area (Å²) in [6.07, 6.45) is 19.1. The molecule has 1 unspecified atom stereocenters. The Kier molecular flexibility index (Phi) is 24.1. The monoisotopic (exact) mass is 537 g/mol. The maximum Gasteiger partial charge on any atom is 0.268 e. The van der Waals surface area contributed by atoms with Crippen LogP contribution in [0.1, 0.15) is 117 Å². The van der Waals surface area contributed by atoms with Crippen LogP contribution in [0.15, 0.2) is 0 Å². The molecule has 0 aliphatic rings. The molecule has 0 saturated carbocycles. The topological polar surface area (TPSA) is 77.1 Å². The van der Waals surface area contributed by atoms with Gasteiger partial charge in [0.15, 0.2) is 0 Å². The van der Waals surface area contributed by atoms with Crippen LogP contribution in [0.3, 0.4) is 0 Å². The SMILES string of the molecule is CCCCCCCCCCOCC(COCCCCCCCCCC)OP(=O)([O-])OCC[N+](C)(C)C. The molecular weight excluding hydrogens is 477 g/mol. The number of quaternary nitrogens is 1. The summed E-state index contributed by atoms with van der Waals surface area (Å²) in [4.78, 5) is 12.4. The summed E-state index contributed by atoms with van der Waals surface area (Å²) in [5.74, 6) is 0. The van der Waals surface area contributed by atoms with Gasteiger partial charge in [0.2, 0.25) is 0 Å². The first-order chi connectivity index (χ1) is 17.2. The number of rotatable bonds is 28. The Bertz CT molecular complexity index is 491. The molecule has 0 spiro atoms. The van der Waals surface area contributed by atoms with Crippen molar-refractivity contribution in [2.75, 3.05) is 60.7 Å². The van der Waals surface area contributed by atoms with Crippen LogP contribution in [0.4, 0.5) is 0 Å². The number of phosphoric acid groups is 1. The largest absolute Gasteiger partial charge is 0.756 e. The predicted molar refractivity (Wildman–Crippen MR) is 148 cm³/mol. The van der Waals surface area contributed by atoms with Gasteiger partial charge in [0, 0.05) is 13.2 Å². The number of ether oxygens (including phenoxy) is 2. The molecule has 7 nitrogen and oxygen atoms in total. The van der Waals surface area contributed by atoms with Gasteiger partial charge in [-0.3, -0.25) is 4.57 Å². The molecule has 0 aromatic heterocycles. The average Bonchev–Trinajstić information content (AvgIpc) is 2.80. The van der Waals surface area contributed by atoms with Crippen molar-refractivity contribution in [1.29, 1.82) is 0 Å². The van der Waals surface area contributed by atoms with Crippen molar-refractivity contribution in [2.45, 2.75) is 123 Å². The van der Waals surface area contributed by atoms with Crippen molar-refractivity contribution in [3.63, 3.8) is 0 Å². The van der Waals surface area contributed by atoms with E-state index in [1.807, 2.05) is 21.1 Å². The Balaban J connectivity index is 4.23. The molecular formula is C28H60NO6P. The molecule has 0 aromatic carbocycles. The van der Waals surface area contributed by atoms with E-state index < -0.39 is 13.9 Å². The Hall–Kier alpha value is -0.0100. The molecule has 0 rings (SSSR count). The van der Waals surface area contributed by atoms with E-state index in [0.29, 0.717) is 24.2 Å². The quantitative estimate of drug-likeness (QED) is 0.0615. The van der Waals surface area contributed by atoms with Gasteiger partial charge in [0.1, 0.15) is 19.3 Å². The molecule has 0 aliphatic heterocycles. The molecule has 0 aliphatic carbocycles. The van der Waals surface area contributed by atoms with Gasteiger partial charge in [-0.25, -0.2) is 0 Å². The van der Waals surface area contributed by atoms with Crippen molar-refractivity contribution in [3.05, 3.63) is 0 Å². The third-order valence-corrected chi connectivity index (χ3v) is 7.24. The van der Waals surface area contributed by atoms with E-state index in [1.165, 1.54) is 77.0 Å². The predicted octanol–water partition coefficient (Wildman–Crippen LogP) is 6.88. The molecule has 218 valence electrons. The third-order valence-electron chi connectivity index (χ3n) is 6.18. The zero-order valence-electron chi connectivity index (χ0n) is 24.5. The van der Waals surface area contributed by atoms with Crippen LogP contribution in [0.2, 0.25) is 0 Å². The molecule has 0 saturated heterocycles. The molecule has 0 amide bonds. The second-order valence-electron chi connectivity index (χ2n) is 11.1. The van der Waals surface area contributed by atoms with E-state index in [0.717, 1.165) is 25.7 Å². The molecule has 0 heterocycles. The van der Waals surface area contributed by atoms with Crippen LogP contribution < -0.4 is 4.89 Å². The minimum Gasteiger partial charge on any atom is -0.756 e. The molecule has 1 atom stereocenters. The van der Waals surface area contributed by atoms with Crippen molar-refractivity contribution >= 4 is 7.82 Å². The van der Waals surface area contributed by atoms with Gasteiger partial charge >= 0.3 is 0 Å². The fourth-order valence-corrected chi connectivity index (χ4v) is 4.71. The van der Waals surface area contributed by atoms with Crippen LogP contribution in [0.5, 0.6) is 0 Å². The molecule has 36 heavy (non-hydrogen) atoms. The molecule has 0 fully saturated rings. The standard InChI is InChI=1S/C28H60NO6P/c1-6-8-10-12-14-16-18-20-23-32-26-28(35-36(30,31)34-25-22-29(3,4)5)27-33-24-21-19-17-15-13-11-9-7-2/h28H,6-27H2,1-5H3. The van der Waals surface area contributed by atoms with Gasteiger partial charge in [0.25, 0.3) is 7.82 Å². The Morgan fingerprint density at radius 3 is 1.42 bits per heavy atom. The van der Waals surface area contributed by atoms with E-state index in [1.54, 1.807) is 0 Å². The van der Waals surface area contributed by atoms with Crippen molar-refractivity contribution in [2.24, 2.45) is 0 Å². The summed E-state index contributed by atoms with van der Waals surface area (Å²) in [5.41, 5.74) is 0. The minimum atomic E-state index is -4.41. The minimum absolute atomic E-state index is 0.0925. The Morgan fingerprint density at radius 1 is 0.639 bits per heavy atom. The van der Waals surface area contributed by atoms with E-state index >= 15 is 0 Å². The highest BCUT2D eigenvalue weighted by atomic mass is 31.2. The third kappa shape index (κ3) is 27.0. The zero-order valence-corrected chi connectivity index (χ0v) is 25.4. The maximum absolute atomic E-state index is 12.4. The first kappa shape index (κ1) is 36.0. The molecule has 8 heteroatoms. The van der Waals surface area contributed by atoms with E-state index in [4.69, 9.17) is 18.5 Å². The molecule has 0 N–H and O–H groups in total. The maximum atomic E-state index is 12.4. The molecule has 0 radical (unpaired) electrons. The lowest BCUT2D eigenvalue weighted by atomic mass is 10.1. The lowest BCUT2D eigenvalue weighted by Crippen LogP contribution is -2.38. The fraction of sp³-hybridized carbons (Fsp3) is 1.00. The zero-order chi connectivity index (χ0) is 27.0. The highest BCUT2D eigenvalue weighted by molar-refractivity contribution is 7.45. The van der Waals surface area contributed by atoms with Gasteiger partial charge < -0.3 is 27.9 Å². The number of unbranched alkanes of at least 4 members (excludes halogenated alkanes) is 14. The van der Waals surface area contributed by atoms with E-state index in [-0.39, 0.29) is 19.8 Å². The van der Waals surface area contributed by atoms with Gasteiger partial charge in [-0.15, -0.1) is 0 Å². The van der Waals surface area contributed by atoms with Crippen LogP contribution in [0.25, 0.3) is 0 Å². The van der Waals surface area contributed by atoms with Crippen LogP contribution >= 0.6 is 7.82 Å². The van der Waals surface area contributed by atoms with Crippen molar-refractivity contribution in [1.82, 2.24) is 0 Å². The molecule has 0 aromatic rings. The fourth-order valence-electron chi connectivity index (χ4n) is 3.85. The first-order valence-corrected chi connectivity index (χ1v) is 16.3. The van der Waals surface area contributed by atoms with Crippen molar-refractivity contribution in [3.8, 4) is 0 Å². The summed E-state index contributed by atoms with van der Waals surface area (Å²) >= 11 is 0. The number of hydrogen-bond acceptors (Lipinski definition) is 6. The van der Waals surface area contributed by atoms with Crippen LogP contribution in [-0.4, -0.2) is 71.3 Å². The lowest BCUT2D eigenvalue weighted by Gasteiger charge is -2.30.